The predicted molar refractivity (Wildman–Crippen MR) is 110 cm³/mol. The van der Waals surface area contributed by atoms with Crippen molar-refractivity contribution in [3.63, 3.8) is 0 Å². The first kappa shape index (κ1) is 17.2. The standard InChI is InChI=1S/C23H15FN4O/c24-20-11-17(16-4-3-15-7-9-25-12-19(15)10-16)5-6-18(20)13-28-14-27-21-2-1-8-26-22(21)23(28)29/h1-12,14H,13H2. The largest absolute Gasteiger partial charge is 0.293 e. The molecule has 0 saturated heterocycles. The Labute approximate surface area is 165 Å². The SMILES string of the molecule is O=c1c2ncccc2ncn1Cc1ccc(-c2ccc3ccncc3c2)cc1F. The van der Waals surface area contributed by atoms with E-state index in [0.717, 1.165) is 21.9 Å². The minimum atomic E-state index is -0.373. The summed E-state index contributed by atoms with van der Waals surface area (Å²) < 4.78 is 16.2. The summed E-state index contributed by atoms with van der Waals surface area (Å²) in [6.45, 7) is 0.0894. The molecule has 3 heterocycles. The van der Waals surface area contributed by atoms with Crippen molar-refractivity contribution in [2.24, 2.45) is 0 Å². The molecule has 0 aliphatic rings. The van der Waals surface area contributed by atoms with E-state index in [-0.39, 0.29) is 23.4 Å². The van der Waals surface area contributed by atoms with Crippen LogP contribution in [-0.2, 0) is 6.54 Å². The van der Waals surface area contributed by atoms with E-state index in [1.54, 1.807) is 36.8 Å². The number of halogens is 1. The van der Waals surface area contributed by atoms with E-state index in [1.807, 2.05) is 30.3 Å². The van der Waals surface area contributed by atoms with Gasteiger partial charge in [0.05, 0.1) is 18.4 Å². The monoisotopic (exact) mass is 382 g/mol. The zero-order valence-corrected chi connectivity index (χ0v) is 15.3. The summed E-state index contributed by atoms with van der Waals surface area (Å²) in [6, 6.07) is 16.4. The van der Waals surface area contributed by atoms with E-state index >= 15 is 0 Å². The molecule has 2 aromatic carbocycles. The van der Waals surface area contributed by atoms with Gasteiger partial charge in [0, 0.05) is 29.5 Å². The highest BCUT2D eigenvalue weighted by molar-refractivity contribution is 5.86. The molecule has 5 aromatic rings. The molecule has 0 spiro atoms. The smallest absolute Gasteiger partial charge is 0.280 e. The van der Waals surface area contributed by atoms with Crippen LogP contribution in [-0.4, -0.2) is 19.5 Å². The number of fused-ring (bicyclic) bond motifs is 2. The van der Waals surface area contributed by atoms with Crippen molar-refractivity contribution in [3.05, 3.63) is 101 Å². The number of rotatable bonds is 3. The second kappa shape index (κ2) is 6.91. The van der Waals surface area contributed by atoms with Crippen LogP contribution >= 0.6 is 0 Å². The molecule has 0 saturated carbocycles. The van der Waals surface area contributed by atoms with Gasteiger partial charge in [-0.25, -0.2) is 14.4 Å². The molecule has 0 atom stereocenters. The summed E-state index contributed by atoms with van der Waals surface area (Å²) in [6.07, 6.45) is 6.51. The topological polar surface area (TPSA) is 60.7 Å². The first-order valence-corrected chi connectivity index (χ1v) is 9.12. The molecule has 0 radical (unpaired) electrons. The summed E-state index contributed by atoms with van der Waals surface area (Å²) >= 11 is 0. The Bertz CT molecular complexity index is 1430. The summed E-state index contributed by atoms with van der Waals surface area (Å²) in [4.78, 5) is 25.1. The maximum Gasteiger partial charge on any atom is 0.280 e. The van der Waals surface area contributed by atoms with Crippen LogP contribution < -0.4 is 5.56 Å². The van der Waals surface area contributed by atoms with Gasteiger partial charge in [0.25, 0.3) is 5.56 Å². The molecular formula is C23H15FN4O. The van der Waals surface area contributed by atoms with Crippen molar-refractivity contribution in [1.29, 1.82) is 0 Å². The Morgan fingerprint density at radius 3 is 2.66 bits per heavy atom. The number of benzene rings is 2. The molecular weight excluding hydrogens is 367 g/mol. The number of hydrogen-bond donors (Lipinski definition) is 0. The lowest BCUT2D eigenvalue weighted by molar-refractivity contribution is 0.595. The van der Waals surface area contributed by atoms with Gasteiger partial charge in [0.2, 0.25) is 0 Å². The van der Waals surface area contributed by atoms with Gasteiger partial charge in [-0.1, -0.05) is 24.3 Å². The summed E-state index contributed by atoms with van der Waals surface area (Å²) in [5, 5.41) is 2.08. The van der Waals surface area contributed by atoms with Crippen LogP contribution in [0.4, 0.5) is 4.39 Å². The molecule has 6 heteroatoms. The first-order valence-electron chi connectivity index (χ1n) is 9.12. The van der Waals surface area contributed by atoms with Gasteiger partial charge in [-0.3, -0.25) is 14.3 Å². The van der Waals surface area contributed by atoms with Crippen LogP contribution in [0.25, 0.3) is 32.9 Å². The molecule has 0 unspecified atom stereocenters. The average molecular weight is 382 g/mol. The van der Waals surface area contributed by atoms with Crippen LogP contribution in [0.15, 0.2) is 84.3 Å². The minimum Gasteiger partial charge on any atom is -0.293 e. The second-order valence-corrected chi connectivity index (χ2v) is 6.79. The highest BCUT2D eigenvalue weighted by Crippen LogP contribution is 2.26. The van der Waals surface area contributed by atoms with Gasteiger partial charge < -0.3 is 0 Å². The lowest BCUT2D eigenvalue weighted by Crippen LogP contribution is -2.22. The molecule has 140 valence electrons. The van der Waals surface area contributed by atoms with Crippen molar-refractivity contribution in [2.75, 3.05) is 0 Å². The Morgan fingerprint density at radius 1 is 0.897 bits per heavy atom. The van der Waals surface area contributed by atoms with Crippen molar-refractivity contribution < 1.29 is 4.39 Å². The normalized spacial score (nSPS) is 11.2. The van der Waals surface area contributed by atoms with Gasteiger partial charge in [-0.2, -0.15) is 0 Å². The Morgan fingerprint density at radius 2 is 1.76 bits per heavy atom. The van der Waals surface area contributed by atoms with Gasteiger partial charge in [0.1, 0.15) is 5.82 Å². The third kappa shape index (κ3) is 3.14. The molecule has 3 aromatic heterocycles. The molecule has 29 heavy (non-hydrogen) atoms. The van der Waals surface area contributed by atoms with Crippen LogP contribution in [0, 0.1) is 5.82 Å². The fraction of sp³-hybridized carbons (Fsp3) is 0.0435. The molecule has 0 fully saturated rings. The second-order valence-electron chi connectivity index (χ2n) is 6.79. The summed E-state index contributed by atoms with van der Waals surface area (Å²) in [5.41, 5.74) is 2.59. The highest BCUT2D eigenvalue weighted by atomic mass is 19.1. The Hall–Kier alpha value is -3.93. The van der Waals surface area contributed by atoms with Crippen LogP contribution in [0.3, 0.4) is 0 Å². The van der Waals surface area contributed by atoms with Gasteiger partial charge >= 0.3 is 0 Å². The fourth-order valence-corrected chi connectivity index (χ4v) is 3.40. The van der Waals surface area contributed by atoms with Crippen molar-refractivity contribution >= 4 is 21.8 Å². The third-order valence-electron chi connectivity index (χ3n) is 4.95. The number of aromatic nitrogens is 4. The molecule has 0 bridgehead atoms. The van der Waals surface area contributed by atoms with Crippen molar-refractivity contribution in [2.45, 2.75) is 6.54 Å². The van der Waals surface area contributed by atoms with Gasteiger partial charge in [-0.15, -0.1) is 0 Å². The van der Waals surface area contributed by atoms with E-state index < -0.39 is 0 Å². The maximum absolute atomic E-state index is 14.8. The number of pyridine rings is 2. The van der Waals surface area contributed by atoms with Gasteiger partial charge in [0.15, 0.2) is 5.52 Å². The van der Waals surface area contributed by atoms with Crippen LogP contribution in [0.2, 0.25) is 0 Å². The zero-order valence-electron chi connectivity index (χ0n) is 15.3. The fourth-order valence-electron chi connectivity index (χ4n) is 3.40. The molecule has 0 amide bonds. The van der Waals surface area contributed by atoms with Crippen molar-refractivity contribution in [1.82, 2.24) is 19.5 Å². The van der Waals surface area contributed by atoms with E-state index in [2.05, 4.69) is 15.0 Å². The van der Waals surface area contributed by atoms with Gasteiger partial charge in [-0.05, 0) is 46.8 Å². The first-order chi connectivity index (χ1) is 14.2. The quantitative estimate of drug-likeness (QED) is 0.469. The van der Waals surface area contributed by atoms with Crippen LogP contribution in [0.1, 0.15) is 5.56 Å². The molecule has 0 aliphatic carbocycles. The number of nitrogens with zero attached hydrogens (tertiary/aromatic N) is 4. The Balaban J connectivity index is 1.50. The maximum atomic E-state index is 14.8. The van der Waals surface area contributed by atoms with Crippen LogP contribution in [0.5, 0.6) is 0 Å². The average Bonchev–Trinajstić information content (AvgIpc) is 2.76. The predicted octanol–water partition coefficient (Wildman–Crippen LogP) is 4.19. The third-order valence-corrected chi connectivity index (χ3v) is 4.95. The summed E-state index contributed by atoms with van der Waals surface area (Å²) in [7, 11) is 0. The summed E-state index contributed by atoms with van der Waals surface area (Å²) in [5.74, 6) is -0.373. The minimum absolute atomic E-state index is 0.0894. The number of hydrogen-bond acceptors (Lipinski definition) is 4. The molecule has 5 rings (SSSR count). The highest BCUT2D eigenvalue weighted by Gasteiger charge is 2.10. The van der Waals surface area contributed by atoms with E-state index in [9.17, 15) is 9.18 Å². The lowest BCUT2D eigenvalue weighted by atomic mass is 10.0. The Kier molecular flexibility index (Phi) is 4.09. The zero-order chi connectivity index (χ0) is 19.8. The van der Waals surface area contributed by atoms with E-state index in [1.165, 1.54) is 17.0 Å². The van der Waals surface area contributed by atoms with Crippen molar-refractivity contribution in [3.8, 4) is 11.1 Å². The molecule has 0 aliphatic heterocycles. The molecule has 5 nitrogen and oxygen atoms in total. The molecule has 0 N–H and O–H groups in total. The van der Waals surface area contributed by atoms with E-state index in [4.69, 9.17) is 0 Å². The van der Waals surface area contributed by atoms with E-state index in [0.29, 0.717) is 11.1 Å². The lowest BCUT2D eigenvalue weighted by Gasteiger charge is -2.10.